The summed E-state index contributed by atoms with van der Waals surface area (Å²) in [5, 5.41) is 0. The molecule has 0 unspecified atom stereocenters. The number of hydrogen-bond donors (Lipinski definition) is 2. The second-order valence-electron chi connectivity index (χ2n) is 1.66. The van der Waals surface area contributed by atoms with Crippen molar-refractivity contribution in [2.24, 2.45) is 11.8 Å². The minimum atomic E-state index is -0.125. The molecule has 8 heavy (non-hydrogen) atoms. The zero-order chi connectivity index (χ0) is 5.86. The van der Waals surface area contributed by atoms with Gasteiger partial charge in [0.05, 0.1) is 0 Å². The van der Waals surface area contributed by atoms with Crippen LogP contribution in [0.25, 0.3) is 0 Å². The van der Waals surface area contributed by atoms with E-state index in [4.69, 9.17) is 5.84 Å². The maximum Gasteiger partial charge on any atom is 0.236 e. The van der Waals surface area contributed by atoms with Crippen LogP contribution in [0.4, 0.5) is 0 Å². The summed E-state index contributed by atoms with van der Waals surface area (Å²) in [4.78, 5) is 10.3. The lowest BCUT2D eigenvalue weighted by Gasteiger charge is -1.98. The van der Waals surface area contributed by atoms with Crippen LogP contribution in [0, 0.1) is 5.92 Å². The molecule has 50 valence electrons. The number of amides is 1. The summed E-state index contributed by atoms with van der Waals surface area (Å²) >= 11 is 0. The van der Waals surface area contributed by atoms with E-state index in [0.717, 1.165) is 0 Å². The molecule has 1 amide bonds. The van der Waals surface area contributed by atoms with Gasteiger partial charge in [-0.3, -0.25) is 10.2 Å². The van der Waals surface area contributed by atoms with E-state index in [1.165, 1.54) is 0 Å². The van der Waals surface area contributed by atoms with E-state index in [0.29, 0.717) is 0 Å². The second-order valence-corrected chi connectivity index (χ2v) is 1.66. The Kier molecular flexibility index (Phi) is 6.48. The number of carbonyl (C=O) groups excluding carboxylic acids is 1. The van der Waals surface area contributed by atoms with Crippen molar-refractivity contribution < 1.29 is 4.79 Å². The maximum atomic E-state index is 10.3. The van der Waals surface area contributed by atoms with Gasteiger partial charge in [0.25, 0.3) is 0 Å². The van der Waals surface area contributed by atoms with Gasteiger partial charge in [-0.25, -0.2) is 5.84 Å². The van der Waals surface area contributed by atoms with E-state index in [-0.39, 0.29) is 24.2 Å². The van der Waals surface area contributed by atoms with Crippen LogP contribution >= 0.6 is 12.4 Å². The Morgan fingerprint density at radius 3 is 2.00 bits per heavy atom. The molecule has 4 heteroatoms. The van der Waals surface area contributed by atoms with Crippen LogP contribution < -0.4 is 11.3 Å². The predicted octanol–water partition coefficient (Wildman–Crippen LogP) is 0.0541. The summed E-state index contributed by atoms with van der Waals surface area (Å²) in [6, 6.07) is 0. The first-order valence-electron chi connectivity index (χ1n) is 2.19. The van der Waals surface area contributed by atoms with Gasteiger partial charge in [0.1, 0.15) is 0 Å². The molecule has 0 saturated carbocycles. The maximum absolute atomic E-state index is 10.3. The third-order valence-corrected chi connectivity index (χ3v) is 0.667. The molecule has 0 aromatic heterocycles. The number of nitrogens with one attached hydrogen (secondary N) is 1. The average Bonchev–Trinajstić information content (AvgIpc) is 1.65. The number of carbonyl (C=O) groups is 1. The van der Waals surface area contributed by atoms with Crippen LogP contribution in [-0.4, -0.2) is 5.91 Å². The van der Waals surface area contributed by atoms with Crippen molar-refractivity contribution in [3.05, 3.63) is 0 Å². The molecule has 0 heterocycles. The highest BCUT2D eigenvalue weighted by Crippen LogP contribution is 1.86. The lowest BCUT2D eigenvalue weighted by molar-refractivity contribution is -0.124. The zero-order valence-corrected chi connectivity index (χ0v) is 5.79. The quantitative estimate of drug-likeness (QED) is 0.306. The zero-order valence-electron chi connectivity index (χ0n) is 4.97. The molecule has 3 N–H and O–H groups in total. The average molecular weight is 139 g/mol. The van der Waals surface area contributed by atoms with Gasteiger partial charge in [0.15, 0.2) is 0 Å². The van der Waals surface area contributed by atoms with Crippen molar-refractivity contribution >= 4 is 18.3 Å². The van der Waals surface area contributed by atoms with Gasteiger partial charge < -0.3 is 0 Å². The van der Waals surface area contributed by atoms with Crippen molar-refractivity contribution in [2.75, 3.05) is 0 Å². The number of halogens is 1. The van der Waals surface area contributed by atoms with Crippen molar-refractivity contribution in [1.29, 1.82) is 0 Å². The SMILES string of the molecule is CC(C)C(=O)NN.Cl. The van der Waals surface area contributed by atoms with Crippen LogP contribution in [0.5, 0.6) is 0 Å². The van der Waals surface area contributed by atoms with Gasteiger partial charge in [-0.2, -0.15) is 0 Å². The molecule has 0 rings (SSSR count). The van der Waals surface area contributed by atoms with Crippen LogP contribution in [0.1, 0.15) is 13.8 Å². The Labute approximate surface area is 55.0 Å². The standard InChI is InChI=1S/C4H10N2O.ClH/c1-3(2)4(7)6-5;/h3H,5H2,1-2H3,(H,6,7);1H. The largest absolute Gasteiger partial charge is 0.294 e. The van der Waals surface area contributed by atoms with Gasteiger partial charge in [-0.1, -0.05) is 13.8 Å². The van der Waals surface area contributed by atoms with Crippen LogP contribution in [0.15, 0.2) is 0 Å². The van der Waals surface area contributed by atoms with Crippen LogP contribution in [0.2, 0.25) is 0 Å². The van der Waals surface area contributed by atoms with Gasteiger partial charge in [-0.05, 0) is 0 Å². The summed E-state index contributed by atoms with van der Waals surface area (Å²) in [5.41, 5.74) is 2.03. The third kappa shape index (κ3) is 3.89. The topological polar surface area (TPSA) is 55.1 Å². The van der Waals surface area contributed by atoms with Crippen LogP contribution in [0.3, 0.4) is 0 Å². The Morgan fingerprint density at radius 1 is 1.62 bits per heavy atom. The molecule has 0 atom stereocenters. The molecule has 0 radical (unpaired) electrons. The number of rotatable bonds is 1. The Bertz CT molecular complexity index is 74.4. The smallest absolute Gasteiger partial charge is 0.236 e. The van der Waals surface area contributed by atoms with E-state index >= 15 is 0 Å². The lowest BCUT2D eigenvalue weighted by atomic mass is 10.2. The minimum Gasteiger partial charge on any atom is -0.294 e. The highest BCUT2D eigenvalue weighted by atomic mass is 35.5. The van der Waals surface area contributed by atoms with Gasteiger partial charge in [0.2, 0.25) is 5.91 Å². The van der Waals surface area contributed by atoms with Crippen molar-refractivity contribution in [3.63, 3.8) is 0 Å². The predicted molar refractivity (Wildman–Crippen MR) is 34.4 cm³/mol. The molecule has 0 aromatic carbocycles. The highest BCUT2D eigenvalue weighted by molar-refractivity contribution is 5.85. The summed E-state index contributed by atoms with van der Waals surface area (Å²) in [5.74, 6) is 4.64. The third-order valence-electron chi connectivity index (χ3n) is 0.667. The summed E-state index contributed by atoms with van der Waals surface area (Å²) in [7, 11) is 0. The Balaban J connectivity index is 0. The van der Waals surface area contributed by atoms with Crippen molar-refractivity contribution in [1.82, 2.24) is 5.43 Å². The Hall–Kier alpha value is -0.280. The molecule has 0 aromatic rings. The van der Waals surface area contributed by atoms with Gasteiger partial charge in [0, 0.05) is 5.92 Å². The molecule has 0 aliphatic carbocycles. The molecular weight excluding hydrogens is 128 g/mol. The van der Waals surface area contributed by atoms with Gasteiger partial charge >= 0.3 is 0 Å². The summed E-state index contributed by atoms with van der Waals surface area (Å²) in [6.07, 6.45) is 0. The fraction of sp³-hybridized carbons (Fsp3) is 0.750. The molecule has 0 bridgehead atoms. The first-order chi connectivity index (χ1) is 3.18. The molecule has 0 spiro atoms. The van der Waals surface area contributed by atoms with E-state index in [2.05, 4.69) is 0 Å². The molecule has 0 fully saturated rings. The minimum absolute atomic E-state index is 0. The molecule has 3 nitrogen and oxygen atoms in total. The number of nitrogens with two attached hydrogens (primary N) is 1. The first-order valence-corrected chi connectivity index (χ1v) is 2.19. The fourth-order valence-electron chi connectivity index (χ4n) is 0.167. The fourth-order valence-corrected chi connectivity index (χ4v) is 0.167. The van der Waals surface area contributed by atoms with Gasteiger partial charge in [-0.15, -0.1) is 12.4 Å². The number of hydrogen-bond acceptors (Lipinski definition) is 2. The van der Waals surface area contributed by atoms with E-state index in [1.807, 2.05) is 5.43 Å². The second kappa shape index (κ2) is 4.87. The molecular formula is C4H11ClN2O. The highest BCUT2D eigenvalue weighted by Gasteiger charge is 2.00. The first kappa shape index (κ1) is 10.7. The van der Waals surface area contributed by atoms with E-state index in [1.54, 1.807) is 13.8 Å². The normalized spacial score (nSPS) is 8.00. The van der Waals surface area contributed by atoms with E-state index in [9.17, 15) is 4.79 Å². The molecule has 0 aliphatic rings. The van der Waals surface area contributed by atoms with Crippen molar-refractivity contribution in [3.8, 4) is 0 Å². The monoisotopic (exact) mass is 138 g/mol. The van der Waals surface area contributed by atoms with E-state index < -0.39 is 0 Å². The van der Waals surface area contributed by atoms with Crippen LogP contribution in [-0.2, 0) is 4.79 Å². The summed E-state index contributed by atoms with van der Waals surface area (Å²) in [6.45, 7) is 3.56. The summed E-state index contributed by atoms with van der Waals surface area (Å²) < 4.78 is 0. The lowest BCUT2D eigenvalue weighted by Crippen LogP contribution is -2.33. The molecule has 0 aliphatic heterocycles. The molecule has 0 saturated heterocycles. The number of hydrazine groups is 1. The Morgan fingerprint density at radius 2 is 2.00 bits per heavy atom. The van der Waals surface area contributed by atoms with Crippen molar-refractivity contribution in [2.45, 2.75) is 13.8 Å².